The summed E-state index contributed by atoms with van der Waals surface area (Å²) >= 11 is 0. The highest BCUT2D eigenvalue weighted by molar-refractivity contribution is 14.0. The Bertz CT molecular complexity index is 728. The summed E-state index contributed by atoms with van der Waals surface area (Å²) in [7, 11) is 0. The Balaban J connectivity index is 0.00000338. The van der Waals surface area contributed by atoms with E-state index in [1.54, 1.807) is 12.1 Å². The molecule has 0 saturated carbocycles. The van der Waals surface area contributed by atoms with E-state index in [2.05, 4.69) is 22.5 Å². The van der Waals surface area contributed by atoms with Crippen molar-refractivity contribution in [2.24, 2.45) is 4.99 Å². The van der Waals surface area contributed by atoms with Gasteiger partial charge in [-0.3, -0.25) is 10.1 Å². The van der Waals surface area contributed by atoms with Crippen LogP contribution in [0.25, 0.3) is 0 Å². The summed E-state index contributed by atoms with van der Waals surface area (Å²) in [5.41, 5.74) is 0.988. The molecule has 1 atom stereocenters. The lowest BCUT2D eigenvalue weighted by atomic mass is 10.2. The predicted octanol–water partition coefficient (Wildman–Crippen LogP) is 4.32. The van der Waals surface area contributed by atoms with Crippen molar-refractivity contribution in [3.05, 3.63) is 63.6 Å². The molecule has 0 fully saturated rings. The summed E-state index contributed by atoms with van der Waals surface area (Å²) in [6.07, 6.45) is 0.979. The smallest absolute Gasteiger partial charge is 0.269 e. The van der Waals surface area contributed by atoms with Gasteiger partial charge >= 0.3 is 0 Å². The van der Waals surface area contributed by atoms with Crippen molar-refractivity contribution in [3.8, 4) is 0 Å². The number of aryl methyl sites for hydroxylation is 1. The molecule has 2 N–H and O–H groups in total. The van der Waals surface area contributed by atoms with Crippen molar-refractivity contribution < 1.29 is 9.34 Å². The number of aliphatic imine (C=N–C) groups is 1. The standard InChI is InChI=1S/C18H24N4O3.HI/c1-4-11-19-18(21-14(3)17-10-5-13(2)25-17)20-12-15-6-8-16(9-7-15)22(23)24;/h5-10,14H,4,11-12H2,1-3H3,(H2,19,20,21);1H. The first kappa shape index (κ1) is 21.9. The molecular formula is C18H25IN4O3. The van der Waals surface area contributed by atoms with Gasteiger partial charge in [0.1, 0.15) is 11.5 Å². The molecule has 0 aliphatic carbocycles. The molecule has 7 nitrogen and oxygen atoms in total. The zero-order valence-electron chi connectivity index (χ0n) is 15.2. The third kappa shape index (κ3) is 6.66. The molecule has 8 heteroatoms. The van der Waals surface area contributed by atoms with Crippen LogP contribution in [0.15, 0.2) is 45.8 Å². The average molecular weight is 472 g/mol. The van der Waals surface area contributed by atoms with Crippen molar-refractivity contribution in [1.29, 1.82) is 0 Å². The van der Waals surface area contributed by atoms with Crippen molar-refractivity contribution in [1.82, 2.24) is 10.6 Å². The van der Waals surface area contributed by atoms with Crippen LogP contribution in [-0.4, -0.2) is 17.4 Å². The Hall–Kier alpha value is -2.10. The summed E-state index contributed by atoms with van der Waals surface area (Å²) in [5.74, 6) is 2.40. The van der Waals surface area contributed by atoms with Gasteiger partial charge in [-0.05, 0) is 38.0 Å². The zero-order chi connectivity index (χ0) is 18.2. The SMILES string of the molecule is CCCNC(=NCc1ccc([N+](=O)[O-])cc1)NC(C)c1ccc(C)o1.I. The van der Waals surface area contributed by atoms with Crippen LogP contribution in [-0.2, 0) is 6.54 Å². The number of nitro groups is 1. The van der Waals surface area contributed by atoms with Gasteiger partial charge in [0.2, 0.25) is 0 Å². The normalized spacial score (nSPS) is 12.2. The number of hydrogen-bond donors (Lipinski definition) is 2. The zero-order valence-corrected chi connectivity index (χ0v) is 17.5. The lowest BCUT2D eigenvalue weighted by Gasteiger charge is -2.16. The Morgan fingerprint density at radius 2 is 1.96 bits per heavy atom. The van der Waals surface area contributed by atoms with Gasteiger partial charge < -0.3 is 15.1 Å². The first-order chi connectivity index (χ1) is 12.0. The third-order valence-corrected chi connectivity index (χ3v) is 3.65. The van der Waals surface area contributed by atoms with Crippen LogP contribution in [0.3, 0.4) is 0 Å². The van der Waals surface area contributed by atoms with Gasteiger partial charge in [-0.2, -0.15) is 0 Å². The largest absolute Gasteiger partial charge is 0.464 e. The lowest BCUT2D eigenvalue weighted by Crippen LogP contribution is -2.39. The summed E-state index contributed by atoms with van der Waals surface area (Å²) < 4.78 is 5.64. The molecule has 1 aromatic heterocycles. The van der Waals surface area contributed by atoms with E-state index < -0.39 is 4.92 Å². The molecule has 0 bridgehead atoms. The Morgan fingerprint density at radius 1 is 1.27 bits per heavy atom. The highest BCUT2D eigenvalue weighted by Crippen LogP contribution is 2.16. The number of nitro benzene ring substituents is 1. The molecule has 0 aliphatic heterocycles. The summed E-state index contributed by atoms with van der Waals surface area (Å²) in [4.78, 5) is 14.9. The maximum atomic E-state index is 10.7. The highest BCUT2D eigenvalue weighted by atomic mass is 127. The minimum absolute atomic E-state index is 0. The van der Waals surface area contributed by atoms with Gasteiger partial charge in [0.05, 0.1) is 17.5 Å². The van der Waals surface area contributed by atoms with Gasteiger partial charge in [0.25, 0.3) is 5.69 Å². The molecule has 0 aliphatic rings. The van der Waals surface area contributed by atoms with E-state index in [4.69, 9.17) is 4.42 Å². The first-order valence-electron chi connectivity index (χ1n) is 8.34. The van der Waals surface area contributed by atoms with Crippen LogP contribution < -0.4 is 10.6 Å². The first-order valence-corrected chi connectivity index (χ1v) is 8.34. The summed E-state index contributed by atoms with van der Waals surface area (Å²) in [6.45, 7) is 7.24. The van der Waals surface area contributed by atoms with Crippen molar-refractivity contribution in [3.63, 3.8) is 0 Å². The van der Waals surface area contributed by atoms with E-state index in [-0.39, 0.29) is 35.7 Å². The molecule has 0 saturated heterocycles. The summed E-state index contributed by atoms with van der Waals surface area (Å²) in [5, 5.41) is 17.3. The molecule has 1 heterocycles. The van der Waals surface area contributed by atoms with E-state index in [0.717, 1.165) is 30.0 Å². The Morgan fingerprint density at radius 3 is 2.50 bits per heavy atom. The minimum atomic E-state index is -0.407. The quantitative estimate of drug-likeness (QED) is 0.206. The van der Waals surface area contributed by atoms with Crippen LogP contribution in [0.2, 0.25) is 0 Å². The number of nitrogens with zero attached hydrogens (tertiary/aromatic N) is 2. The fourth-order valence-corrected chi connectivity index (χ4v) is 2.25. The molecule has 2 aromatic rings. The average Bonchev–Trinajstić information content (AvgIpc) is 3.04. The Kier molecular flexibility index (Phi) is 9.11. The monoisotopic (exact) mass is 472 g/mol. The number of rotatable bonds is 7. The predicted molar refractivity (Wildman–Crippen MR) is 113 cm³/mol. The van der Waals surface area contributed by atoms with Crippen LogP contribution in [0.5, 0.6) is 0 Å². The maximum absolute atomic E-state index is 10.7. The molecule has 0 amide bonds. The van der Waals surface area contributed by atoms with Gasteiger partial charge in [-0.25, -0.2) is 4.99 Å². The molecule has 142 valence electrons. The molecule has 1 unspecified atom stereocenters. The molecule has 1 aromatic carbocycles. The van der Waals surface area contributed by atoms with E-state index >= 15 is 0 Å². The van der Waals surface area contributed by atoms with Crippen LogP contribution in [0.1, 0.15) is 43.4 Å². The summed E-state index contributed by atoms with van der Waals surface area (Å²) in [6, 6.07) is 10.3. The van der Waals surface area contributed by atoms with Gasteiger partial charge in [0, 0.05) is 18.7 Å². The van der Waals surface area contributed by atoms with Gasteiger partial charge in [-0.15, -0.1) is 24.0 Å². The van der Waals surface area contributed by atoms with Crippen molar-refractivity contribution in [2.45, 2.75) is 39.8 Å². The fourth-order valence-electron chi connectivity index (χ4n) is 2.25. The number of halogens is 1. The number of nitrogens with one attached hydrogen (secondary N) is 2. The number of guanidine groups is 1. The highest BCUT2D eigenvalue weighted by Gasteiger charge is 2.11. The van der Waals surface area contributed by atoms with Crippen LogP contribution in [0.4, 0.5) is 5.69 Å². The van der Waals surface area contributed by atoms with Gasteiger partial charge in [0.15, 0.2) is 5.96 Å². The second-order valence-electron chi connectivity index (χ2n) is 5.83. The molecule has 0 radical (unpaired) electrons. The number of hydrogen-bond acceptors (Lipinski definition) is 4. The van der Waals surface area contributed by atoms with Crippen LogP contribution >= 0.6 is 24.0 Å². The fraction of sp³-hybridized carbons (Fsp3) is 0.389. The second kappa shape index (κ2) is 10.8. The van der Waals surface area contributed by atoms with Crippen molar-refractivity contribution >= 4 is 35.6 Å². The minimum Gasteiger partial charge on any atom is -0.464 e. The number of furan rings is 1. The third-order valence-electron chi connectivity index (χ3n) is 3.65. The topological polar surface area (TPSA) is 92.7 Å². The Labute approximate surface area is 170 Å². The second-order valence-corrected chi connectivity index (χ2v) is 5.83. The lowest BCUT2D eigenvalue weighted by molar-refractivity contribution is -0.384. The number of benzene rings is 1. The maximum Gasteiger partial charge on any atom is 0.269 e. The molecule has 0 spiro atoms. The van der Waals surface area contributed by atoms with E-state index in [1.165, 1.54) is 12.1 Å². The van der Waals surface area contributed by atoms with E-state index in [1.807, 2.05) is 26.0 Å². The van der Waals surface area contributed by atoms with E-state index in [0.29, 0.717) is 12.5 Å². The van der Waals surface area contributed by atoms with Gasteiger partial charge in [-0.1, -0.05) is 19.1 Å². The van der Waals surface area contributed by atoms with E-state index in [9.17, 15) is 10.1 Å². The van der Waals surface area contributed by atoms with Crippen LogP contribution in [0, 0.1) is 17.0 Å². The number of non-ortho nitro benzene ring substituents is 1. The van der Waals surface area contributed by atoms with Crippen molar-refractivity contribution in [2.75, 3.05) is 6.54 Å². The molecule has 2 rings (SSSR count). The molecule has 26 heavy (non-hydrogen) atoms. The molecular weight excluding hydrogens is 447 g/mol.